The first kappa shape index (κ1) is 20.4. The molecular formula is C16H31N2O4P. The van der Waals surface area contributed by atoms with E-state index in [4.69, 9.17) is 0 Å². The number of amides is 1. The van der Waals surface area contributed by atoms with Crippen molar-refractivity contribution in [3.63, 3.8) is 0 Å². The Kier molecular flexibility index (Phi) is 7.46. The molecule has 0 heterocycles. The van der Waals surface area contributed by atoms with E-state index >= 15 is 0 Å². The molecule has 134 valence electrons. The van der Waals surface area contributed by atoms with Crippen molar-refractivity contribution < 1.29 is 19.1 Å². The van der Waals surface area contributed by atoms with Crippen molar-refractivity contribution in [3.8, 4) is 0 Å². The van der Waals surface area contributed by atoms with Gasteiger partial charge in [0, 0.05) is 24.3 Å². The number of nitrogens with zero attached hydrogens (tertiary/aromatic N) is 1. The van der Waals surface area contributed by atoms with E-state index in [-0.39, 0.29) is 35.1 Å². The molecule has 23 heavy (non-hydrogen) atoms. The molecule has 0 saturated carbocycles. The van der Waals surface area contributed by atoms with E-state index in [1.54, 1.807) is 6.08 Å². The van der Waals surface area contributed by atoms with Crippen LogP contribution in [0.5, 0.6) is 0 Å². The van der Waals surface area contributed by atoms with Crippen molar-refractivity contribution in [1.29, 1.82) is 0 Å². The molecule has 0 aromatic heterocycles. The Hall–Kier alpha value is -0.680. The summed E-state index contributed by atoms with van der Waals surface area (Å²) in [5, 5.41) is 3.28. The monoisotopic (exact) mass is 346 g/mol. The van der Waals surface area contributed by atoms with Crippen LogP contribution in [0.15, 0.2) is 11.4 Å². The van der Waals surface area contributed by atoms with Crippen molar-refractivity contribution >= 4 is 13.5 Å². The smallest absolute Gasteiger partial charge is 0.351 e. The maximum absolute atomic E-state index is 11.7. The third-order valence-electron chi connectivity index (χ3n) is 4.74. The van der Waals surface area contributed by atoms with Crippen LogP contribution in [-0.4, -0.2) is 45.8 Å². The number of rotatable bonds is 7. The molecule has 0 aromatic carbocycles. The second-order valence-electron chi connectivity index (χ2n) is 6.60. The lowest BCUT2D eigenvalue weighted by molar-refractivity contribution is -0.120. The molecule has 0 radical (unpaired) electrons. The highest BCUT2D eigenvalue weighted by Crippen LogP contribution is 2.51. The van der Waals surface area contributed by atoms with Crippen LogP contribution in [0.4, 0.5) is 0 Å². The summed E-state index contributed by atoms with van der Waals surface area (Å²) in [4.78, 5) is 32.9. The van der Waals surface area contributed by atoms with Gasteiger partial charge in [-0.3, -0.25) is 9.36 Å². The first-order valence-electron chi connectivity index (χ1n) is 8.38. The van der Waals surface area contributed by atoms with Crippen molar-refractivity contribution in [2.45, 2.75) is 59.5 Å². The Balaban J connectivity index is 3.17. The predicted octanol–water partition coefficient (Wildman–Crippen LogP) is 2.33. The molecule has 1 aliphatic carbocycles. The molecule has 1 aliphatic rings. The van der Waals surface area contributed by atoms with Gasteiger partial charge < -0.3 is 20.0 Å². The summed E-state index contributed by atoms with van der Waals surface area (Å²) >= 11 is 0. The zero-order valence-corrected chi connectivity index (χ0v) is 15.7. The maximum atomic E-state index is 11.7. The normalized spacial score (nSPS) is 23.8. The van der Waals surface area contributed by atoms with Crippen LogP contribution < -0.4 is 5.32 Å². The van der Waals surface area contributed by atoms with Gasteiger partial charge in [-0.15, -0.1) is 0 Å². The van der Waals surface area contributed by atoms with Crippen LogP contribution >= 0.6 is 7.60 Å². The van der Waals surface area contributed by atoms with E-state index in [0.29, 0.717) is 12.8 Å². The van der Waals surface area contributed by atoms with E-state index in [1.165, 1.54) is 6.92 Å². The van der Waals surface area contributed by atoms with Crippen molar-refractivity contribution in [2.24, 2.45) is 11.8 Å². The summed E-state index contributed by atoms with van der Waals surface area (Å²) in [5.74, 6) is 0.341. The second kappa shape index (κ2) is 8.43. The van der Waals surface area contributed by atoms with Crippen LogP contribution in [0.3, 0.4) is 0 Å². The molecule has 7 heteroatoms. The average molecular weight is 346 g/mol. The van der Waals surface area contributed by atoms with Gasteiger partial charge in [-0.05, 0) is 37.8 Å². The lowest BCUT2D eigenvalue weighted by Crippen LogP contribution is -2.53. The van der Waals surface area contributed by atoms with Crippen LogP contribution in [0.25, 0.3) is 0 Å². The van der Waals surface area contributed by atoms with E-state index in [9.17, 15) is 19.1 Å². The zero-order valence-electron chi connectivity index (χ0n) is 14.8. The minimum atomic E-state index is -4.20. The molecule has 0 bridgehead atoms. The van der Waals surface area contributed by atoms with E-state index in [0.717, 1.165) is 13.1 Å². The molecule has 0 fully saturated rings. The standard InChI is InChI=1S/C16H31N2O4P/c1-6-18(7-2)15-10-13(23(20,21)22)8-9-14(15)16(11(3)4)17-12(5)19/h8,11,14-16H,6-7,9-10H2,1-5H3,(H,17,19)(H2,20,21,22)/t14-,15+,16+/m1/s1. The van der Waals surface area contributed by atoms with Gasteiger partial charge >= 0.3 is 7.60 Å². The molecule has 0 spiro atoms. The summed E-state index contributed by atoms with van der Waals surface area (Å²) < 4.78 is 11.7. The molecule has 3 N–H and O–H groups in total. The number of carbonyl (C=O) groups is 1. The van der Waals surface area contributed by atoms with Gasteiger partial charge in [0.25, 0.3) is 0 Å². The van der Waals surface area contributed by atoms with Gasteiger partial charge in [0.05, 0.1) is 0 Å². The van der Waals surface area contributed by atoms with Crippen molar-refractivity contribution in [2.75, 3.05) is 13.1 Å². The number of carbonyl (C=O) groups excluding carboxylic acids is 1. The fourth-order valence-electron chi connectivity index (χ4n) is 3.60. The molecule has 0 aromatic rings. The average Bonchev–Trinajstić information content (AvgIpc) is 2.44. The highest BCUT2D eigenvalue weighted by Gasteiger charge is 2.39. The van der Waals surface area contributed by atoms with Gasteiger partial charge in [-0.2, -0.15) is 0 Å². The largest absolute Gasteiger partial charge is 0.353 e. The molecule has 0 unspecified atom stereocenters. The lowest BCUT2D eigenvalue weighted by Gasteiger charge is -2.43. The quantitative estimate of drug-likeness (QED) is 0.616. The Morgan fingerprint density at radius 2 is 1.96 bits per heavy atom. The van der Waals surface area contributed by atoms with Gasteiger partial charge in [-0.25, -0.2) is 0 Å². The zero-order chi connectivity index (χ0) is 17.8. The summed E-state index contributed by atoms with van der Waals surface area (Å²) in [5.41, 5.74) is 0. The van der Waals surface area contributed by atoms with E-state index < -0.39 is 7.60 Å². The van der Waals surface area contributed by atoms with Crippen LogP contribution in [-0.2, 0) is 9.36 Å². The summed E-state index contributed by atoms with van der Waals surface area (Å²) in [6.07, 6.45) is 2.62. The Morgan fingerprint density at radius 3 is 2.35 bits per heavy atom. The lowest BCUT2D eigenvalue weighted by atomic mass is 9.78. The minimum Gasteiger partial charge on any atom is -0.353 e. The molecular weight excluding hydrogens is 315 g/mol. The highest BCUT2D eigenvalue weighted by molar-refractivity contribution is 7.56. The Labute approximate surface area is 139 Å². The number of nitrogens with one attached hydrogen (secondary N) is 1. The predicted molar refractivity (Wildman–Crippen MR) is 92.0 cm³/mol. The number of allylic oxidation sites excluding steroid dienone is 1. The SMILES string of the molecule is CCN(CC)[C@H]1CC(P(=O)(O)O)=CC[C@H]1[C@@H](NC(C)=O)C(C)C. The molecule has 1 amide bonds. The summed E-state index contributed by atoms with van der Waals surface area (Å²) in [6, 6.07) is 0.0181. The number of hydrogen-bond donors (Lipinski definition) is 3. The van der Waals surface area contributed by atoms with Crippen molar-refractivity contribution in [1.82, 2.24) is 10.2 Å². The van der Waals surface area contributed by atoms with Crippen molar-refractivity contribution in [3.05, 3.63) is 11.4 Å². The topological polar surface area (TPSA) is 89.9 Å². The molecule has 3 atom stereocenters. The fraction of sp³-hybridized carbons (Fsp3) is 0.812. The Bertz CT molecular complexity index is 482. The van der Waals surface area contributed by atoms with Crippen LogP contribution in [0.1, 0.15) is 47.5 Å². The number of hydrogen-bond acceptors (Lipinski definition) is 3. The maximum Gasteiger partial charge on any atom is 0.351 e. The van der Waals surface area contributed by atoms with Gasteiger partial charge in [0.15, 0.2) is 0 Å². The van der Waals surface area contributed by atoms with Gasteiger partial charge in [0.2, 0.25) is 5.91 Å². The van der Waals surface area contributed by atoms with E-state index in [2.05, 4.69) is 37.9 Å². The van der Waals surface area contributed by atoms with Crippen LogP contribution in [0, 0.1) is 11.8 Å². The van der Waals surface area contributed by atoms with Crippen LogP contribution in [0.2, 0.25) is 0 Å². The third-order valence-corrected chi connectivity index (χ3v) is 5.86. The Morgan fingerprint density at radius 1 is 1.39 bits per heavy atom. The van der Waals surface area contributed by atoms with Gasteiger partial charge in [0.1, 0.15) is 0 Å². The molecule has 6 nitrogen and oxygen atoms in total. The molecule has 0 saturated heterocycles. The second-order valence-corrected chi connectivity index (χ2v) is 8.26. The minimum absolute atomic E-state index is 0.00679. The summed E-state index contributed by atoms with van der Waals surface area (Å²) in [6.45, 7) is 11.4. The first-order chi connectivity index (χ1) is 10.6. The molecule has 0 aliphatic heterocycles. The van der Waals surface area contributed by atoms with Gasteiger partial charge in [-0.1, -0.05) is 33.8 Å². The third kappa shape index (κ3) is 5.42. The summed E-state index contributed by atoms with van der Waals surface area (Å²) in [7, 11) is -4.20. The fourth-order valence-corrected chi connectivity index (χ4v) is 4.37. The molecule has 1 rings (SSSR count). The highest BCUT2D eigenvalue weighted by atomic mass is 31.2. The van der Waals surface area contributed by atoms with E-state index in [1.807, 2.05) is 0 Å². The first-order valence-corrected chi connectivity index (χ1v) is 9.99.